The number of carbonyl (C=O) groups is 2. The van der Waals surface area contributed by atoms with Crippen molar-refractivity contribution in [1.82, 2.24) is 15.0 Å². The summed E-state index contributed by atoms with van der Waals surface area (Å²) in [6.45, 7) is 0. The molecule has 0 saturated heterocycles. The number of rotatable bonds is 5. The summed E-state index contributed by atoms with van der Waals surface area (Å²) in [7, 11) is 0. The van der Waals surface area contributed by atoms with E-state index >= 15 is 0 Å². The van der Waals surface area contributed by atoms with Crippen molar-refractivity contribution in [3.8, 4) is 0 Å². The van der Waals surface area contributed by atoms with Crippen LogP contribution in [0.3, 0.4) is 0 Å². The number of halogens is 1. The molecule has 0 atom stereocenters. The van der Waals surface area contributed by atoms with Crippen LogP contribution in [0.25, 0.3) is 11.2 Å². The number of carbonyl (C=O) groups excluding carboxylic acids is 2. The second-order valence-corrected chi connectivity index (χ2v) is 5.71. The summed E-state index contributed by atoms with van der Waals surface area (Å²) >= 11 is 5.77. The Morgan fingerprint density at radius 1 is 0.960 bits per heavy atom. The first-order valence-electron chi connectivity index (χ1n) is 7.44. The van der Waals surface area contributed by atoms with Gasteiger partial charge in [0.2, 0.25) is 11.8 Å². The van der Waals surface area contributed by atoms with Gasteiger partial charge in [0, 0.05) is 23.6 Å². The zero-order chi connectivity index (χ0) is 17.8. The van der Waals surface area contributed by atoms with Gasteiger partial charge in [0.05, 0.1) is 5.52 Å². The van der Waals surface area contributed by atoms with Crippen LogP contribution in [0, 0.1) is 0 Å². The molecule has 0 fully saturated rings. The lowest BCUT2D eigenvalue weighted by atomic mass is 10.2. The van der Waals surface area contributed by atoms with E-state index in [0.29, 0.717) is 27.7 Å². The summed E-state index contributed by atoms with van der Waals surface area (Å²) in [6, 6.07) is 9.88. The Hall–Kier alpha value is -3.13. The molecular weight excluding hydrogens is 346 g/mol. The number of imidazole rings is 1. The minimum absolute atomic E-state index is 0.00277. The van der Waals surface area contributed by atoms with Crippen molar-refractivity contribution >= 4 is 46.1 Å². The molecule has 0 spiro atoms. The van der Waals surface area contributed by atoms with Crippen molar-refractivity contribution in [2.75, 3.05) is 10.6 Å². The molecule has 3 aromatic rings. The molecule has 2 aromatic heterocycles. The molecule has 8 nitrogen and oxygen atoms in total. The predicted molar refractivity (Wildman–Crippen MR) is 94.7 cm³/mol. The average Bonchev–Trinajstić information content (AvgIpc) is 2.94. The van der Waals surface area contributed by atoms with Crippen LogP contribution >= 0.6 is 11.6 Å². The number of anilines is 2. The van der Waals surface area contributed by atoms with Crippen LogP contribution in [0.5, 0.6) is 0 Å². The first-order valence-corrected chi connectivity index (χ1v) is 7.82. The highest BCUT2D eigenvalue weighted by molar-refractivity contribution is 6.30. The lowest BCUT2D eigenvalue weighted by Gasteiger charge is -2.06. The van der Waals surface area contributed by atoms with Gasteiger partial charge in [-0.05, 0) is 36.4 Å². The number of amides is 2. The molecule has 0 saturated carbocycles. The van der Waals surface area contributed by atoms with E-state index in [4.69, 9.17) is 11.6 Å². The van der Waals surface area contributed by atoms with E-state index in [2.05, 4.69) is 25.6 Å². The van der Waals surface area contributed by atoms with Crippen molar-refractivity contribution in [2.45, 2.75) is 12.8 Å². The number of nitrogens with one attached hydrogen (secondary N) is 4. The van der Waals surface area contributed by atoms with Crippen LogP contribution in [0.4, 0.5) is 11.5 Å². The second-order valence-electron chi connectivity index (χ2n) is 5.28. The Bertz CT molecular complexity index is 977. The highest BCUT2D eigenvalue weighted by Gasteiger charge is 2.09. The van der Waals surface area contributed by atoms with E-state index in [1.165, 1.54) is 0 Å². The van der Waals surface area contributed by atoms with Crippen molar-refractivity contribution in [3.63, 3.8) is 0 Å². The molecular formula is C16H14ClN5O3. The van der Waals surface area contributed by atoms with Crippen LogP contribution in [0.2, 0.25) is 5.02 Å². The number of pyridine rings is 1. The molecule has 128 valence electrons. The van der Waals surface area contributed by atoms with Crippen molar-refractivity contribution in [2.24, 2.45) is 0 Å². The molecule has 25 heavy (non-hydrogen) atoms. The van der Waals surface area contributed by atoms with Gasteiger partial charge in [0.15, 0.2) is 5.65 Å². The number of hydrogen-bond acceptors (Lipinski definition) is 4. The van der Waals surface area contributed by atoms with Crippen LogP contribution < -0.4 is 16.3 Å². The number of aromatic nitrogens is 3. The Kier molecular flexibility index (Phi) is 4.80. The molecule has 2 amide bonds. The molecule has 0 bridgehead atoms. The van der Waals surface area contributed by atoms with Gasteiger partial charge in [-0.2, -0.15) is 0 Å². The van der Waals surface area contributed by atoms with Crippen LogP contribution in [-0.4, -0.2) is 26.8 Å². The molecule has 4 N–H and O–H groups in total. The van der Waals surface area contributed by atoms with Gasteiger partial charge in [-0.1, -0.05) is 11.6 Å². The minimum Gasteiger partial charge on any atom is -0.326 e. The lowest BCUT2D eigenvalue weighted by Crippen LogP contribution is -2.17. The van der Waals surface area contributed by atoms with Gasteiger partial charge in [-0.25, -0.2) is 9.78 Å². The first kappa shape index (κ1) is 16.7. The Morgan fingerprint density at radius 2 is 1.64 bits per heavy atom. The standard InChI is InChI=1S/C16H14ClN5O3/c17-9-1-3-10(4-2-9)18-13(23)7-8-14(24)20-12-6-5-11-15(21-12)22-16(25)19-11/h1-6H,7-8H2,(H,18,23)(H3,19,20,21,22,24,25). The maximum atomic E-state index is 11.9. The fourth-order valence-electron chi connectivity index (χ4n) is 2.18. The van der Waals surface area contributed by atoms with E-state index < -0.39 is 0 Å². The van der Waals surface area contributed by atoms with E-state index in [1.807, 2.05) is 0 Å². The zero-order valence-corrected chi connectivity index (χ0v) is 13.7. The highest BCUT2D eigenvalue weighted by Crippen LogP contribution is 2.14. The van der Waals surface area contributed by atoms with Gasteiger partial charge in [-0.15, -0.1) is 0 Å². The fraction of sp³-hybridized carbons (Fsp3) is 0.125. The molecule has 0 unspecified atom stereocenters. The Morgan fingerprint density at radius 3 is 2.36 bits per heavy atom. The molecule has 0 aliphatic carbocycles. The van der Waals surface area contributed by atoms with Crippen molar-refractivity contribution in [3.05, 3.63) is 51.9 Å². The molecule has 0 aliphatic rings. The third-order valence-electron chi connectivity index (χ3n) is 3.35. The van der Waals surface area contributed by atoms with Gasteiger partial charge in [0.1, 0.15) is 5.82 Å². The molecule has 0 aliphatic heterocycles. The van der Waals surface area contributed by atoms with E-state index in [9.17, 15) is 14.4 Å². The number of H-pyrrole nitrogens is 2. The smallest absolute Gasteiger partial charge is 0.325 e. The molecule has 2 heterocycles. The number of fused-ring (bicyclic) bond motifs is 1. The molecule has 9 heteroatoms. The number of nitrogens with zero attached hydrogens (tertiary/aromatic N) is 1. The monoisotopic (exact) mass is 359 g/mol. The summed E-state index contributed by atoms with van der Waals surface area (Å²) < 4.78 is 0. The SMILES string of the molecule is O=C(CCC(=O)Nc1ccc2[nH]c(=O)[nH]c2n1)Nc1ccc(Cl)cc1. The normalized spacial score (nSPS) is 10.6. The van der Waals surface area contributed by atoms with Gasteiger partial charge in [-0.3, -0.25) is 14.6 Å². The fourth-order valence-corrected chi connectivity index (χ4v) is 2.30. The molecule has 0 radical (unpaired) electrons. The molecule has 3 rings (SSSR count). The topological polar surface area (TPSA) is 120 Å². The number of hydrogen-bond donors (Lipinski definition) is 4. The average molecular weight is 360 g/mol. The summed E-state index contributed by atoms with van der Waals surface area (Å²) in [5, 5.41) is 5.84. The Balaban J connectivity index is 1.52. The maximum Gasteiger partial charge on any atom is 0.325 e. The van der Waals surface area contributed by atoms with Crippen molar-refractivity contribution < 1.29 is 9.59 Å². The van der Waals surface area contributed by atoms with Crippen LogP contribution in [-0.2, 0) is 9.59 Å². The van der Waals surface area contributed by atoms with E-state index in [-0.39, 0.29) is 30.3 Å². The minimum atomic E-state index is -0.371. The van der Waals surface area contributed by atoms with Crippen molar-refractivity contribution in [1.29, 1.82) is 0 Å². The molecule has 1 aromatic carbocycles. The van der Waals surface area contributed by atoms with E-state index in [1.54, 1.807) is 36.4 Å². The van der Waals surface area contributed by atoms with Gasteiger partial charge >= 0.3 is 5.69 Å². The maximum absolute atomic E-state index is 11.9. The van der Waals surface area contributed by atoms with E-state index in [0.717, 1.165) is 0 Å². The summed E-state index contributed by atoms with van der Waals surface area (Å²) in [6.07, 6.45) is 0.0283. The largest absolute Gasteiger partial charge is 0.326 e. The predicted octanol–water partition coefficient (Wildman–Crippen LogP) is 2.26. The van der Waals surface area contributed by atoms with Gasteiger partial charge < -0.3 is 15.6 Å². The second kappa shape index (κ2) is 7.18. The third-order valence-corrected chi connectivity index (χ3v) is 3.60. The zero-order valence-electron chi connectivity index (χ0n) is 12.9. The number of benzene rings is 1. The summed E-state index contributed by atoms with van der Waals surface area (Å²) in [5.41, 5.74) is 1.14. The lowest BCUT2D eigenvalue weighted by molar-refractivity contribution is -0.121. The Labute approximate surface area is 146 Å². The quantitative estimate of drug-likeness (QED) is 0.558. The van der Waals surface area contributed by atoms with Gasteiger partial charge in [0.25, 0.3) is 0 Å². The summed E-state index contributed by atoms with van der Waals surface area (Å²) in [4.78, 5) is 44.1. The number of aromatic amines is 2. The third kappa shape index (κ3) is 4.45. The first-order chi connectivity index (χ1) is 12.0. The van der Waals surface area contributed by atoms with Crippen LogP contribution in [0.1, 0.15) is 12.8 Å². The summed E-state index contributed by atoms with van der Waals surface area (Å²) in [5.74, 6) is -0.335. The highest BCUT2D eigenvalue weighted by atomic mass is 35.5. The van der Waals surface area contributed by atoms with Crippen LogP contribution in [0.15, 0.2) is 41.2 Å².